The third-order valence-electron chi connectivity index (χ3n) is 4.94. The lowest BCUT2D eigenvalue weighted by Crippen LogP contribution is -2.44. The molecule has 0 aliphatic carbocycles. The molecule has 3 rings (SSSR count). The highest BCUT2D eigenvalue weighted by molar-refractivity contribution is 7.08. The summed E-state index contributed by atoms with van der Waals surface area (Å²) in [4.78, 5) is 26.7. The molecule has 2 aromatic rings. The summed E-state index contributed by atoms with van der Waals surface area (Å²) in [5.74, 6) is 0.182. The zero-order chi connectivity index (χ0) is 17.6. The number of thiophene rings is 1. The maximum atomic E-state index is 12.7. The summed E-state index contributed by atoms with van der Waals surface area (Å²) < 4.78 is 0. The van der Waals surface area contributed by atoms with Crippen LogP contribution in [-0.2, 0) is 4.79 Å². The van der Waals surface area contributed by atoms with Gasteiger partial charge in [-0.1, -0.05) is 37.3 Å². The number of nitrogens with zero attached hydrogens (tertiary/aromatic N) is 1. The largest absolute Gasteiger partial charge is 0.343 e. The van der Waals surface area contributed by atoms with Gasteiger partial charge in [0, 0.05) is 29.4 Å². The predicted molar refractivity (Wildman–Crippen MR) is 101 cm³/mol. The maximum Gasteiger partial charge on any atom is 0.252 e. The number of hydrogen-bond donors (Lipinski definition) is 1. The molecular weight excluding hydrogens is 332 g/mol. The minimum absolute atomic E-state index is 0.0143. The fraction of sp³-hybridized carbons (Fsp3) is 0.400. The van der Waals surface area contributed by atoms with E-state index in [2.05, 4.69) is 36.5 Å². The Labute approximate surface area is 152 Å². The van der Waals surface area contributed by atoms with E-state index in [1.807, 2.05) is 16.3 Å². The van der Waals surface area contributed by atoms with Crippen LogP contribution in [0.1, 0.15) is 48.0 Å². The third kappa shape index (κ3) is 4.10. The number of carbonyl (C=O) groups excluding carboxylic acids is 2. The van der Waals surface area contributed by atoms with E-state index < -0.39 is 0 Å². The lowest BCUT2D eigenvalue weighted by Gasteiger charge is -2.31. The van der Waals surface area contributed by atoms with Crippen LogP contribution in [0, 0.1) is 0 Å². The molecule has 0 bridgehead atoms. The van der Waals surface area contributed by atoms with Crippen LogP contribution in [0.15, 0.2) is 47.2 Å². The molecule has 1 aromatic carbocycles. The molecule has 5 heteroatoms. The average molecular weight is 356 g/mol. The number of rotatable bonds is 6. The van der Waals surface area contributed by atoms with Gasteiger partial charge >= 0.3 is 0 Å². The fourth-order valence-corrected chi connectivity index (χ4v) is 4.34. The first-order chi connectivity index (χ1) is 12.2. The van der Waals surface area contributed by atoms with Crippen LogP contribution in [0.5, 0.6) is 0 Å². The van der Waals surface area contributed by atoms with Crippen LogP contribution in [-0.4, -0.2) is 35.8 Å². The summed E-state index contributed by atoms with van der Waals surface area (Å²) in [6.07, 6.45) is 3.05. The van der Waals surface area contributed by atoms with E-state index in [1.54, 1.807) is 11.4 Å². The molecule has 1 aliphatic rings. The smallest absolute Gasteiger partial charge is 0.252 e. The lowest BCUT2D eigenvalue weighted by atomic mass is 9.87. The van der Waals surface area contributed by atoms with Gasteiger partial charge in [-0.3, -0.25) is 9.59 Å². The fourth-order valence-electron chi connectivity index (χ4n) is 3.70. The zero-order valence-corrected chi connectivity index (χ0v) is 15.3. The van der Waals surface area contributed by atoms with Crippen LogP contribution < -0.4 is 5.32 Å². The summed E-state index contributed by atoms with van der Waals surface area (Å²) in [6.45, 7) is 3.02. The molecular formula is C20H24N2O2S. The topological polar surface area (TPSA) is 49.4 Å². The van der Waals surface area contributed by atoms with E-state index in [0.29, 0.717) is 11.5 Å². The van der Waals surface area contributed by atoms with Gasteiger partial charge in [0.2, 0.25) is 5.91 Å². The van der Waals surface area contributed by atoms with Gasteiger partial charge in [-0.05, 0) is 36.3 Å². The molecule has 0 saturated carbocycles. The second-order valence-electron chi connectivity index (χ2n) is 6.42. The SMILES string of the molecule is CC[C@H](c1ccccc1)[C@H]1CCCN1C(=O)CNC(=O)c1ccsc1. The zero-order valence-electron chi connectivity index (χ0n) is 14.5. The number of benzene rings is 1. The Morgan fingerprint density at radius 2 is 2.08 bits per heavy atom. The van der Waals surface area contributed by atoms with Gasteiger partial charge < -0.3 is 10.2 Å². The van der Waals surface area contributed by atoms with Crippen molar-refractivity contribution in [3.05, 3.63) is 58.3 Å². The van der Waals surface area contributed by atoms with E-state index in [1.165, 1.54) is 16.9 Å². The van der Waals surface area contributed by atoms with Crippen molar-refractivity contribution in [1.29, 1.82) is 0 Å². The van der Waals surface area contributed by atoms with E-state index in [-0.39, 0.29) is 24.4 Å². The van der Waals surface area contributed by atoms with Crippen LogP contribution in [0.25, 0.3) is 0 Å². The Morgan fingerprint density at radius 1 is 1.28 bits per heavy atom. The summed E-state index contributed by atoms with van der Waals surface area (Å²) in [5, 5.41) is 6.41. The summed E-state index contributed by atoms with van der Waals surface area (Å²) in [6, 6.07) is 12.4. The highest BCUT2D eigenvalue weighted by Crippen LogP contribution is 2.33. The van der Waals surface area contributed by atoms with Gasteiger partial charge in [0.1, 0.15) is 0 Å². The van der Waals surface area contributed by atoms with Crippen molar-refractivity contribution >= 4 is 23.2 Å². The van der Waals surface area contributed by atoms with Crippen molar-refractivity contribution in [1.82, 2.24) is 10.2 Å². The monoisotopic (exact) mass is 356 g/mol. The Kier molecular flexibility index (Phi) is 5.87. The second-order valence-corrected chi connectivity index (χ2v) is 7.20. The molecule has 1 fully saturated rings. The summed E-state index contributed by atoms with van der Waals surface area (Å²) in [7, 11) is 0. The number of hydrogen-bond acceptors (Lipinski definition) is 3. The van der Waals surface area contributed by atoms with Gasteiger partial charge in [0.05, 0.1) is 6.54 Å². The molecule has 4 nitrogen and oxygen atoms in total. The van der Waals surface area contributed by atoms with Crippen LogP contribution in [0.3, 0.4) is 0 Å². The predicted octanol–water partition coefficient (Wildman–Crippen LogP) is 3.66. The molecule has 1 saturated heterocycles. The van der Waals surface area contributed by atoms with E-state index in [0.717, 1.165) is 25.8 Å². The Bertz CT molecular complexity index is 700. The first kappa shape index (κ1) is 17.7. The Hall–Kier alpha value is -2.14. The van der Waals surface area contributed by atoms with Crippen LogP contribution in [0.4, 0.5) is 0 Å². The molecule has 2 amide bonds. The molecule has 25 heavy (non-hydrogen) atoms. The van der Waals surface area contributed by atoms with Gasteiger partial charge in [-0.25, -0.2) is 0 Å². The highest BCUT2D eigenvalue weighted by Gasteiger charge is 2.34. The first-order valence-electron chi connectivity index (χ1n) is 8.85. The average Bonchev–Trinajstić information content (AvgIpc) is 3.33. The van der Waals surface area contributed by atoms with Crippen LogP contribution >= 0.6 is 11.3 Å². The molecule has 1 N–H and O–H groups in total. The standard InChI is InChI=1S/C20H24N2O2S/c1-2-17(15-7-4-3-5-8-15)18-9-6-11-22(18)19(23)13-21-20(24)16-10-12-25-14-16/h3-5,7-8,10,12,14,17-18H,2,6,9,11,13H2,1H3,(H,21,24)/t17-,18-/m1/s1. The van der Waals surface area contributed by atoms with Crippen molar-refractivity contribution in [3.8, 4) is 0 Å². The molecule has 0 unspecified atom stereocenters. The van der Waals surface area contributed by atoms with Crippen molar-refractivity contribution < 1.29 is 9.59 Å². The molecule has 2 atom stereocenters. The maximum absolute atomic E-state index is 12.7. The quantitative estimate of drug-likeness (QED) is 0.859. The molecule has 132 valence electrons. The number of amides is 2. The molecule has 0 radical (unpaired) electrons. The first-order valence-corrected chi connectivity index (χ1v) is 9.79. The molecule has 1 aromatic heterocycles. The van der Waals surface area contributed by atoms with Crippen molar-refractivity contribution in [2.75, 3.05) is 13.1 Å². The van der Waals surface area contributed by atoms with E-state index in [4.69, 9.17) is 0 Å². The van der Waals surface area contributed by atoms with Gasteiger partial charge in [0.15, 0.2) is 0 Å². The minimum Gasteiger partial charge on any atom is -0.343 e. The summed E-state index contributed by atoms with van der Waals surface area (Å²) in [5.41, 5.74) is 1.91. The Balaban J connectivity index is 1.64. The Morgan fingerprint density at radius 3 is 2.76 bits per heavy atom. The van der Waals surface area contributed by atoms with Crippen molar-refractivity contribution in [2.45, 2.75) is 38.1 Å². The van der Waals surface area contributed by atoms with E-state index in [9.17, 15) is 9.59 Å². The number of carbonyl (C=O) groups is 2. The lowest BCUT2D eigenvalue weighted by molar-refractivity contribution is -0.131. The van der Waals surface area contributed by atoms with Gasteiger partial charge in [-0.2, -0.15) is 11.3 Å². The van der Waals surface area contributed by atoms with E-state index >= 15 is 0 Å². The van der Waals surface area contributed by atoms with Gasteiger partial charge in [-0.15, -0.1) is 0 Å². The molecule has 1 aliphatic heterocycles. The third-order valence-corrected chi connectivity index (χ3v) is 5.62. The minimum atomic E-state index is -0.180. The van der Waals surface area contributed by atoms with Gasteiger partial charge in [0.25, 0.3) is 5.91 Å². The number of nitrogens with one attached hydrogen (secondary N) is 1. The normalized spacial score (nSPS) is 18.1. The highest BCUT2D eigenvalue weighted by atomic mass is 32.1. The molecule has 2 heterocycles. The van der Waals surface area contributed by atoms with Crippen molar-refractivity contribution in [3.63, 3.8) is 0 Å². The number of likely N-dealkylation sites (tertiary alicyclic amines) is 1. The molecule has 0 spiro atoms. The van der Waals surface area contributed by atoms with Crippen LogP contribution in [0.2, 0.25) is 0 Å². The second kappa shape index (κ2) is 8.30. The summed E-state index contributed by atoms with van der Waals surface area (Å²) >= 11 is 1.48. The van der Waals surface area contributed by atoms with Crippen molar-refractivity contribution in [2.24, 2.45) is 0 Å².